The standard InChI is InChI=1S/C15H14O3/c1-17-13-7-3-5-11-8-10-4-2-6-12(9-16)14(10)18-15(11)13/h3,5,7-9H,2,4,6H2,1H3. The zero-order valence-electron chi connectivity index (χ0n) is 10.2. The molecule has 0 aromatic heterocycles. The van der Waals surface area contributed by atoms with Crippen LogP contribution in [0.3, 0.4) is 0 Å². The Morgan fingerprint density at radius 1 is 1.33 bits per heavy atom. The molecule has 0 bridgehead atoms. The normalized spacial score (nSPS) is 17.3. The van der Waals surface area contributed by atoms with E-state index in [1.807, 2.05) is 18.2 Å². The Kier molecular flexibility index (Phi) is 2.67. The van der Waals surface area contributed by atoms with Crippen LogP contribution in [-0.2, 0) is 4.79 Å². The highest BCUT2D eigenvalue weighted by Crippen LogP contribution is 2.42. The zero-order chi connectivity index (χ0) is 12.5. The number of para-hydroxylation sites is 1. The Morgan fingerprint density at radius 3 is 3.00 bits per heavy atom. The van der Waals surface area contributed by atoms with Crippen molar-refractivity contribution < 1.29 is 14.3 Å². The number of allylic oxidation sites excluding steroid dienone is 2. The van der Waals surface area contributed by atoms with Gasteiger partial charge in [-0.25, -0.2) is 0 Å². The van der Waals surface area contributed by atoms with Crippen LogP contribution in [0.5, 0.6) is 11.5 Å². The van der Waals surface area contributed by atoms with Gasteiger partial charge in [0.15, 0.2) is 11.5 Å². The maximum atomic E-state index is 11.1. The molecule has 0 spiro atoms. The Bertz CT molecular complexity index is 567. The molecule has 3 nitrogen and oxygen atoms in total. The van der Waals surface area contributed by atoms with Gasteiger partial charge in [0, 0.05) is 11.1 Å². The minimum Gasteiger partial charge on any atom is -0.493 e. The SMILES string of the molecule is COc1cccc2c1OC1=C(C=O)CCCC1=C2. The third kappa shape index (κ3) is 1.63. The van der Waals surface area contributed by atoms with E-state index < -0.39 is 0 Å². The van der Waals surface area contributed by atoms with Crippen molar-refractivity contribution in [3.05, 3.63) is 40.7 Å². The second-order valence-electron chi connectivity index (χ2n) is 4.48. The molecule has 3 heteroatoms. The smallest absolute Gasteiger partial charge is 0.176 e. The predicted octanol–water partition coefficient (Wildman–Crippen LogP) is 3.11. The fourth-order valence-corrected chi connectivity index (χ4v) is 2.49. The van der Waals surface area contributed by atoms with E-state index in [4.69, 9.17) is 9.47 Å². The van der Waals surface area contributed by atoms with Crippen molar-refractivity contribution in [1.82, 2.24) is 0 Å². The molecule has 0 radical (unpaired) electrons. The molecule has 1 aliphatic heterocycles. The van der Waals surface area contributed by atoms with Gasteiger partial charge >= 0.3 is 0 Å². The molecule has 0 unspecified atom stereocenters. The Hall–Kier alpha value is -2.03. The highest BCUT2D eigenvalue weighted by molar-refractivity contribution is 5.80. The van der Waals surface area contributed by atoms with Gasteiger partial charge in [0.25, 0.3) is 0 Å². The second-order valence-corrected chi connectivity index (χ2v) is 4.48. The van der Waals surface area contributed by atoms with Crippen molar-refractivity contribution in [3.8, 4) is 11.5 Å². The minimum absolute atomic E-state index is 0.700. The number of methoxy groups -OCH3 is 1. The lowest BCUT2D eigenvalue weighted by Gasteiger charge is -2.26. The van der Waals surface area contributed by atoms with Crippen LogP contribution < -0.4 is 9.47 Å². The average Bonchev–Trinajstić information content (AvgIpc) is 2.43. The van der Waals surface area contributed by atoms with Crippen molar-refractivity contribution in [1.29, 1.82) is 0 Å². The van der Waals surface area contributed by atoms with Gasteiger partial charge in [0.2, 0.25) is 0 Å². The molecule has 1 aliphatic carbocycles. The lowest BCUT2D eigenvalue weighted by molar-refractivity contribution is -0.105. The Morgan fingerprint density at radius 2 is 2.22 bits per heavy atom. The summed E-state index contributed by atoms with van der Waals surface area (Å²) in [5, 5.41) is 0. The Balaban J connectivity index is 2.17. The molecular weight excluding hydrogens is 228 g/mol. The first-order chi connectivity index (χ1) is 8.83. The van der Waals surface area contributed by atoms with E-state index in [1.54, 1.807) is 7.11 Å². The van der Waals surface area contributed by atoms with Crippen LogP contribution in [-0.4, -0.2) is 13.4 Å². The number of benzene rings is 1. The number of aldehydes is 1. The van der Waals surface area contributed by atoms with Crippen molar-refractivity contribution in [2.75, 3.05) is 7.11 Å². The number of hydrogen-bond acceptors (Lipinski definition) is 3. The Labute approximate surface area is 106 Å². The van der Waals surface area contributed by atoms with Crippen LogP contribution in [0, 0.1) is 0 Å². The molecule has 2 aliphatic rings. The van der Waals surface area contributed by atoms with Gasteiger partial charge in [0.1, 0.15) is 12.0 Å². The fourth-order valence-electron chi connectivity index (χ4n) is 2.49. The first-order valence-electron chi connectivity index (χ1n) is 6.07. The molecule has 3 rings (SSSR count). The van der Waals surface area contributed by atoms with Crippen LogP contribution in [0.2, 0.25) is 0 Å². The van der Waals surface area contributed by atoms with Gasteiger partial charge in [-0.15, -0.1) is 0 Å². The third-order valence-corrected chi connectivity index (χ3v) is 3.38. The topological polar surface area (TPSA) is 35.5 Å². The number of hydrogen-bond donors (Lipinski definition) is 0. The summed E-state index contributed by atoms with van der Waals surface area (Å²) >= 11 is 0. The van der Waals surface area contributed by atoms with Gasteiger partial charge in [-0.3, -0.25) is 4.79 Å². The van der Waals surface area contributed by atoms with E-state index in [9.17, 15) is 4.79 Å². The van der Waals surface area contributed by atoms with Crippen LogP contribution in [0.25, 0.3) is 6.08 Å². The van der Waals surface area contributed by atoms with Gasteiger partial charge in [0.05, 0.1) is 7.11 Å². The van der Waals surface area contributed by atoms with Crippen molar-refractivity contribution in [2.45, 2.75) is 19.3 Å². The average molecular weight is 242 g/mol. The van der Waals surface area contributed by atoms with E-state index >= 15 is 0 Å². The maximum Gasteiger partial charge on any atom is 0.176 e. The number of carbonyl (C=O) groups excluding carboxylic acids is 1. The quantitative estimate of drug-likeness (QED) is 0.747. The van der Waals surface area contributed by atoms with Crippen LogP contribution in [0.15, 0.2) is 35.1 Å². The first kappa shape index (κ1) is 11.1. The minimum atomic E-state index is 0.700. The molecule has 0 N–H and O–H groups in total. The molecule has 92 valence electrons. The summed E-state index contributed by atoms with van der Waals surface area (Å²) in [5.74, 6) is 2.14. The van der Waals surface area contributed by atoms with E-state index in [2.05, 4.69) is 6.08 Å². The molecule has 0 fully saturated rings. The molecule has 0 saturated carbocycles. The molecule has 1 aromatic carbocycles. The van der Waals surface area contributed by atoms with Gasteiger partial charge < -0.3 is 9.47 Å². The largest absolute Gasteiger partial charge is 0.493 e. The molecule has 1 heterocycles. The summed E-state index contributed by atoms with van der Waals surface area (Å²) in [6.07, 6.45) is 5.76. The number of carbonyl (C=O) groups is 1. The molecule has 1 aromatic rings. The zero-order valence-corrected chi connectivity index (χ0v) is 10.2. The summed E-state index contributed by atoms with van der Waals surface area (Å²) in [6, 6.07) is 5.80. The molecule has 0 amide bonds. The number of rotatable bonds is 2. The number of ether oxygens (including phenoxy) is 2. The highest BCUT2D eigenvalue weighted by Gasteiger charge is 2.25. The molecular formula is C15H14O3. The predicted molar refractivity (Wildman–Crippen MR) is 68.5 cm³/mol. The third-order valence-electron chi connectivity index (χ3n) is 3.38. The van der Waals surface area contributed by atoms with Crippen molar-refractivity contribution >= 4 is 12.4 Å². The van der Waals surface area contributed by atoms with E-state index in [0.717, 1.165) is 48.0 Å². The molecule has 0 atom stereocenters. The first-order valence-corrected chi connectivity index (χ1v) is 6.07. The molecule has 0 saturated heterocycles. The summed E-state index contributed by atoms with van der Waals surface area (Å²) < 4.78 is 11.2. The molecule has 18 heavy (non-hydrogen) atoms. The summed E-state index contributed by atoms with van der Waals surface area (Å²) in [5.41, 5.74) is 2.88. The van der Waals surface area contributed by atoms with E-state index in [1.165, 1.54) is 0 Å². The van der Waals surface area contributed by atoms with E-state index in [0.29, 0.717) is 11.5 Å². The van der Waals surface area contributed by atoms with Crippen LogP contribution >= 0.6 is 0 Å². The van der Waals surface area contributed by atoms with Crippen LogP contribution in [0.1, 0.15) is 24.8 Å². The lowest BCUT2D eigenvalue weighted by Crippen LogP contribution is -2.14. The highest BCUT2D eigenvalue weighted by atomic mass is 16.5. The van der Waals surface area contributed by atoms with Crippen LogP contribution in [0.4, 0.5) is 0 Å². The summed E-state index contributed by atoms with van der Waals surface area (Å²) in [6.45, 7) is 0. The van der Waals surface area contributed by atoms with Gasteiger partial charge in [-0.1, -0.05) is 12.1 Å². The lowest BCUT2D eigenvalue weighted by atomic mass is 9.90. The summed E-state index contributed by atoms with van der Waals surface area (Å²) in [7, 11) is 1.62. The monoisotopic (exact) mass is 242 g/mol. The number of fused-ring (bicyclic) bond motifs is 2. The summed E-state index contributed by atoms with van der Waals surface area (Å²) in [4.78, 5) is 11.1. The van der Waals surface area contributed by atoms with Crippen molar-refractivity contribution in [3.63, 3.8) is 0 Å². The maximum absolute atomic E-state index is 11.1. The van der Waals surface area contributed by atoms with Gasteiger partial charge in [-0.05, 0) is 37.0 Å². The van der Waals surface area contributed by atoms with E-state index in [-0.39, 0.29) is 0 Å². The van der Waals surface area contributed by atoms with Crippen molar-refractivity contribution in [2.24, 2.45) is 0 Å². The van der Waals surface area contributed by atoms with Gasteiger partial charge in [-0.2, -0.15) is 0 Å². The fraction of sp³-hybridized carbons (Fsp3) is 0.267. The second kappa shape index (κ2) is 4.33.